The molecular formula is C14H12N2S. The largest absolute Gasteiger partial charge is 0.385 e. The minimum absolute atomic E-state index is 0.774. The highest BCUT2D eigenvalue weighted by Crippen LogP contribution is 2.32. The normalized spacial score (nSPS) is 13.6. The second kappa shape index (κ2) is 4.23. The number of anilines is 1. The second-order valence-electron chi connectivity index (χ2n) is 4.18. The van der Waals surface area contributed by atoms with Crippen molar-refractivity contribution in [3.63, 3.8) is 0 Å². The Morgan fingerprint density at radius 2 is 2.18 bits per heavy atom. The molecule has 84 valence electrons. The van der Waals surface area contributed by atoms with Gasteiger partial charge in [0.15, 0.2) is 0 Å². The number of nitrogens with one attached hydrogen (secondary N) is 1. The topological polar surface area (TPSA) is 35.8 Å². The van der Waals surface area contributed by atoms with Crippen LogP contribution in [0.3, 0.4) is 0 Å². The highest BCUT2D eigenvalue weighted by Gasteiger charge is 2.10. The van der Waals surface area contributed by atoms with Crippen LogP contribution < -0.4 is 5.32 Å². The fraction of sp³-hybridized carbons (Fsp3) is 0.214. The molecule has 1 N–H and O–H groups in total. The standard InChI is InChI=1S/C14H12N2S/c15-9-12-4-6-14(17-12)11-3-5-13-10(8-11)2-1-7-16-13/h3-6,8,16H,1-2,7H2. The number of nitrogens with zero attached hydrogens (tertiary/aromatic N) is 1. The minimum atomic E-state index is 0.774. The Labute approximate surface area is 105 Å². The van der Waals surface area contributed by atoms with E-state index in [2.05, 4.69) is 29.6 Å². The van der Waals surface area contributed by atoms with Crippen LogP contribution in [0, 0.1) is 11.3 Å². The van der Waals surface area contributed by atoms with Crippen molar-refractivity contribution >= 4 is 17.0 Å². The summed E-state index contributed by atoms with van der Waals surface area (Å²) in [6.07, 6.45) is 2.34. The van der Waals surface area contributed by atoms with Crippen LogP contribution in [0.15, 0.2) is 30.3 Å². The van der Waals surface area contributed by atoms with Crippen molar-refractivity contribution in [2.75, 3.05) is 11.9 Å². The van der Waals surface area contributed by atoms with Crippen LogP contribution in [-0.2, 0) is 6.42 Å². The predicted octanol–water partition coefficient (Wildman–Crippen LogP) is 3.64. The zero-order valence-corrected chi connectivity index (χ0v) is 10.2. The van der Waals surface area contributed by atoms with Crippen molar-refractivity contribution in [3.05, 3.63) is 40.8 Å². The molecule has 0 bridgehead atoms. The molecule has 0 fully saturated rings. The number of benzene rings is 1. The lowest BCUT2D eigenvalue weighted by atomic mass is 10.0. The third-order valence-electron chi connectivity index (χ3n) is 3.04. The second-order valence-corrected chi connectivity index (χ2v) is 5.26. The van der Waals surface area contributed by atoms with E-state index in [1.54, 1.807) is 11.3 Å². The maximum absolute atomic E-state index is 8.84. The summed E-state index contributed by atoms with van der Waals surface area (Å²) in [5.74, 6) is 0. The Morgan fingerprint density at radius 1 is 1.24 bits per heavy atom. The average Bonchev–Trinajstić information content (AvgIpc) is 2.87. The number of aryl methyl sites for hydroxylation is 1. The molecule has 1 aromatic heterocycles. The molecule has 1 aliphatic rings. The Bertz CT molecular complexity index is 593. The molecule has 0 unspecified atom stereocenters. The number of hydrogen-bond acceptors (Lipinski definition) is 3. The van der Waals surface area contributed by atoms with E-state index in [-0.39, 0.29) is 0 Å². The van der Waals surface area contributed by atoms with Crippen LogP contribution >= 0.6 is 11.3 Å². The van der Waals surface area contributed by atoms with Gasteiger partial charge in [0.1, 0.15) is 10.9 Å². The molecule has 17 heavy (non-hydrogen) atoms. The zero-order valence-electron chi connectivity index (χ0n) is 9.36. The minimum Gasteiger partial charge on any atom is -0.385 e. The number of rotatable bonds is 1. The third kappa shape index (κ3) is 1.92. The summed E-state index contributed by atoms with van der Waals surface area (Å²) in [5, 5.41) is 12.2. The maximum atomic E-state index is 8.84. The lowest BCUT2D eigenvalue weighted by Gasteiger charge is -2.18. The fourth-order valence-corrected chi connectivity index (χ4v) is 2.98. The molecule has 0 saturated carbocycles. The highest BCUT2D eigenvalue weighted by molar-refractivity contribution is 7.16. The number of nitriles is 1. The van der Waals surface area contributed by atoms with Crippen LogP contribution in [0.2, 0.25) is 0 Å². The molecule has 2 aromatic rings. The molecular weight excluding hydrogens is 228 g/mol. The molecule has 1 aromatic carbocycles. The van der Waals surface area contributed by atoms with Gasteiger partial charge in [0, 0.05) is 17.1 Å². The van der Waals surface area contributed by atoms with Crippen LogP contribution in [0.1, 0.15) is 16.9 Å². The summed E-state index contributed by atoms with van der Waals surface area (Å²) in [5.41, 5.74) is 3.87. The molecule has 0 aliphatic carbocycles. The lowest BCUT2D eigenvalue weighted by molar-refractivity contribution is 0.831. The van der Waals surface area contributed by atoms with Gasteiger partial charge in [-0.15, -0.1) is 11.3 Å². The van der Waals surface area contributed by atoms with Crippen LogP contribution in [0.4, 0.5) is 5.69 Å². The van der Waals surface area contributed by atoms with Gasteiger partial charge in [0.05, 0.1) is 0 Å². The first-order valence-electron chi connectivity index (χ1n) is 5.74. The Morgan fingerprint density at radius 3 is 3.00 bits per heavy atom. The third-order valence-corrected chi connectivity index (χ3v) is 4.08. The Hall–Kier alpha value is -1.79. The van der Waals surface area contributed by atoms with Crippen molar-refractivity contribution in [2.24, 2.45) is 0 Å². The molecule has 3 rings (SSSR count). The SMILES string of the molecule is N#Cc1ccc(-c2ccc3c(c2)CCCN3)s1. The van der Waals surface area contributed by atoms with E-state index in [0.29, 0.717) is 0 Å². The van der Waals surface area contributed by atoms with Crippen molar-refractivity contribution in [2.45, 2.75) is 12.8 Å². The first-order valence-corrected chi connectivity index (χ1v) is 6.55. The number of fused-ring (bicyclic) bond motifs is 1. The van der Waals surface area contributed by atoms with Crippen molar-refractivity contribution in [1.29, 1.82) is 5.26 Å². The summed E-state index contributed by atoms with van der Waals surface area (Å²) in [6, 6.07) is 12.6. The average molecular weight is 240 g/mol. The van der Waals surface area contributed by atoms with Crippen LogP contribution in [0.5, 0.6) is 0 Å². The van der Waals surface area contributed by atoms with Gasteiger partial charge >= 0.3 is 0 Å². The van der Waals surface area contributed by atoms with E-state index in [4.69, 9.17) is 5.26 Å². The molecule has 0 radical (unpaired) electrons. The molecule has 3 heteroatoms. The Kier molecular flexibility index (Phi) is 2.58. The Balaban J connectivity index is 2.01. The summed E-state index contributed by atoms with van der Waals surface area (Å²) >= 11 is 1.56. The van der Waals surface area contributed by atoms with Gasteiger partial charge in [-0.3, -0.25) is 0 Å². The molecule has 0 amide bonds. The maximum Gasteiger partial charge on any atom is 0.110 e. The molecule has 0 spiro atoms. The van der Waals surface area contributed by atoms with E-state index in [0.717, 1.165) is 17.8 Å². The van der Waals surface area contributed by atoms with E-state index >= 15 is 0 Å². The van der Waals surface area contributed by atoms with Crippen molar-refractivity contribution < 1.29 is 0 Å². The van der Waals surface area contributed by atoms with Gasteiger partial charge in [-0.25, -0.2) is 0 Å². The van der Waals surface area contributed by atoms with Gasteiger partial charge in [0.25, 0.3) is 0 Å². The summed E-state index contributed by atoms with van der Waals surface area (Å²) in [4.78, 5) is 1.95. The van der Waals surface area contributed by atoms with Crippen LogP contribution in [0.25, 0.3) is 10.4 Å². The zero-order chi connectivity index (χ0) is 11.7. The van der Waals surface area contributed by atoms with Gasteiger partial charge in [-0.05, 0) is 48.2 Å². The van der Waals surface area contributed by atoms with Crippen molar-refractivity contribution in [1.82, 2.24) is 0 Å². The first kappa shape index (κ1) is 10.4. The fourth-order valence-electron chi connectivity index (χ4n) is 2.18. The van der Waals surface area contributed by atoms with E-state index in [9.17, 15) is 0 Å². The van der Waals surface area contributed by atoms with E-state index in [1.165, 1.54) is 28.1 Å². The monoisotopic (exact) mass is 240 g/mol. The van der Waals surface area contributed by atoms with Gasteiger partial charge in [-0.1, -0.05) is 6.07 Å². The van der Waals surface area contributed by atoms with Gasteiger partial charge < -0.3 is 5.32 Å². The summed E-state index contributed by atoms with van der Waals surface area (Å²) in [6.45, 7) is 1.07. The molecule has 1 aliphatic heterocycles. The molecule has 0 saturated heterocycles. The quantitative estimate of drug-likeness (QED) is 0.826. The van der Waals surface area contributed by atoms with Gasteiger partial charge in [-0.2, -0.15) is 5.26 Å². The van der Waals surface area contributed by atoms with E-state index < -0.39 is 0 Å². The number of thiophene rings is 1. The smallest absolute Gasteiger partial charge is 0.110 e. The van der Waals surface area contributed by atoms with Crippen molar-refractivity contribution in [3.8, 4) is 16.5 Å². The van der Waals surface area contributed by atoms with Crippen LogP contribution in [-0.4, -0.2) is 6.54 Å². The lowest BCUT2D eigenvalue weighted by Crippen LogP contribution is -2.11. The first-order chi connectivity index (χ1) is 8.36. The van der Waals surface area contributed by atoms with Gasteiger partial charge in [0.2, 0.25) is 0 Å². The molecule has 2 heterocycles. The number of hydrogen-bond donors (Lipinski definition) is 1. The highest BCUT2D eigenvalue weighted by atomic mass is 32.1. The molecule has 0 atom stereocenters. The predicted molar refractivity (Wildman–Crippen MR) is 71.3 cm³/mol. The summed E-state index contributed by atoms with van der Waals surface area (Å²) in [7, 11) is 0. The van der Waals surface area contributed by atoms with E-state index in [1.807, 2.05) is 12.1 Å². The summed E-state index contributed by atoms with van der Waals surface area (Å²) < 4.78 is 0. The molecule has 2 nitrogen and oxygen atoms in total.